The van der Waals surface area contributed by atoms with Crippen LogP contribution in [0.15, 0.2) is 29.8 Å². The predicted molar refractivity (Wildman–Crippen MR) is 86.2 cm³/mol. The maximum Gasteiger partial charge on any atom is 0.334 e. The van der Waals surface area contributed by atoms with Crippen LogP contribution in [0.25, 0.3) is 0 Å². The zero-order valence-electron chi connectivity index (χ0n) is 13.8. The molecule has 0 radical (unpaired) electrons. The topological polar surface area (TPSA) is 57.2 Å². The molecule has 1 aromatic carbocycles. The SMILES string of the molecule is COC(=O)C1=CCCN(CCOc2cc(OC)ccc2OC)C1. The van der Waals surface area contributed by atoms with Crippen LogP contribution in [-0.4, -0.2) is 58.4 Å². The maximum absolute atomic E-state index is 11.6. The summed E-state index contributed by atoms with van der Waals surface area (Å²) in [6.07, 6.45) is 2.78. The molecule has 6 nitrogen and oxygen atoms in total. The number of carbonyl (C=O) groups excluding carboxylic acids is 1. The Bertz CT molecular complexity index is 570. The van der Waals surface area contributed by atoms with Gasteiger partial charge in [0.25, 0.3) is 0 Å². The third-order valence-electron chi connectivity index (χ3n) is 3.71. The van der Waals surface area contributed by atoms with E-state index in [0.717, 1.165) is 18.7 Å². The van der Waals surface area contributed by atoms with E-state index in [0.29, 0.717) is 36.8 Å². The molecule has 0 unspecified atom stereocenters. The van der Waals surface area contributed by atoms with Crippen LogP contribution in [0.5, 0.6) is 17.2 Å². The Labute approximate surface area is 136 Å². The molecule has 0 bridgehead atoms. The van der Waals surface area contributed by atoms with Gasteiger partial charge in [-0.3, -0.25) is 4.90 Å². The van der Waals surface area contributed by atoms with Crippen molar-refractivity contribution in [3.05, 3.63) is 29.8 Å². The molecule has 1 heterocycles. The van der Waals surface area contributed by atoms with Gasteiger partial charge in [-0.1, -0.05) is 6.08 Å². The molecular formula is C17H23NO5. The van der Waals surface area contributed by atoms with Crippen molar-refractivity contribution in [2.45, 2.75) is 6.42 Å². The first-order valence-electron chi connectivity index (χ1n) is 7.52. The molecule has 0 aliphatic carbocycles. The average molecular weight is 321 g/mol. The highest BCUT2D eigenvalue weighted by Crippen LogP contribution is 2.31. The lowest BCUT2D eigenvalue weighted by Gasteiger charge is -2.26. The molecule has 0 aromatic heterocycles. The van der Waals surface area contributed by atoms with Crippen LogP contribution in [0.2, 0.25) is 0 Å². The highest BCUT2D eigenvalue weighted by molar-refractivity contribution is 5.88. The van der Waals surface area contributed by atoms with Gasteiger partial charge in [-0.25, -0.2) is 4.79 Å². The van der Waals surface area contributed by atoms with Gasteiger partial charge in [0.1, 0.15) is 12.4 Å². The standard InChI is InChI=1S/C17H23NO5/c1-20-14-6-7-15(21-2)16(11-14)23-10-9-18-8-4-5-13(12-18)17(19)22-3/h5-7,11H,4,8-10,12H2,1-3H3. The molecule has 1 aliphatic rings. The third kappa shape index (κ3) is 4.63. The largest absolute Gasteiger partial charge is 0.497 e. The fraction of sp³-hybridized carbons (Fsp3) is 0.471. The van der Waals surface area contributed by atoms with Gasteiger partial charge in [0.05, 0.1) is 21.3 Å². The first-order valence-corrected chi connectivity index (χ1v) is 7.52. The fourth-order valence-corrected chi connectivity index (χ4v) is 2.46. The molecule has 6 heteroatoms. The Morgan fingerprint density at radius 2 is 2.00 bits per heavy atom. The summed E-state index contributed by atoms with van der Waals surface area (Å²) in [7, 11) is 4.62. The minimum Gasteiger partial charge on any atom is -0.497 e. The van der Waals surface area contributed by atoms with Crippen molar-refractivity contribution >= 4 is 5.97 Å². The number of benzene rings is 1. The Kier molecular flexibility index (Phi) is 6.29. The zero-order valence-corrected chi connectivity index (χ0v) is 13.8. The van der Waals surface area contributed by atoms with Crippen molar-refractivity contribution in [1.29, 1.82) is 0 Å². The van der Waals surface area contributed by atoms with Crippen LogP contribution in [-0.2, 0) is 9.53 Å². The Morgan fingerprint density at radius 1 is 1.17 bits per heavy atom. The molecule has 1 aromatic rings. The molecule has 0 spiro atoms. The maximum atomic E-state index is 11.6. The van der Waals surface area contributed by atoms with E-state index in [4.69, 9.17) is 18.9 Å². The van der Waals surface area contributed by atoms with Gasteiger partial charge < -0.3 is 18.9 Å². The van der Waals surface area contributed by atoms with E-state index in [1.807, 2.05) is 18.2 Å². The number of rotatable bonds is 7. The Hall–Kier alpha value is -2.21. The number of ether oxygens (including phenoxy) is 4. The summed E-state index contributed by atoms with van der Waals surface area (Å²) in [5.41, 5.74) is 0.706. The van der Waals surface area contributed by atoms with Crippen molar-refractivity contribution in [3.63, 3.8) is 0 Å². The fourth-order valence-electron chi connectivity index (χ4n) is 2.46. The molecule has 0 saturated carbocycles. The molecule has 23 heavy (non-hydrogen) atoms. The molecule has 126 valence electrons. The van der Waals surface area contributed by atoms with E-state index < -0.39 is 0 Å². The van der Waals surface area contributed by atoms with Gasteiger partial charge in [-0.2, -0.15) is 0 Å². The van der Waals surface area contributed by atoms with Gasteiger partial charge in [0.15, 0.2) is 11.5 Å². The summed E-state index contributed by atoms with van der Waals surface area (Å²) in [4.78, 5) is 13.7. The summed E-state index contributed by atoms with van der Waals surface area (Å²) in [5, 5.41) is 0. The first kappa shape index (κ1) is 17.1. The number of carbonyl (C=O) groups is 1. The monoisotopic (exact) mass is 321 g/mol. The molecule has 0 atom stereocenters. The van der Waals surface area contributed by atoms with E-state index in [9.17, 15) is 4.79 Å². The Balaban J connectivity index is 1.88. The van der Waals surface area contributed by atoms with Gasteiger partial charge >= 0.3 is 5.97 Å². The first-order chi connectivity index (χ1) is 11.2. The highest BCUT2D eigenvalue weighted by atomic mass is 16.5. The van der Waals surface area contributed by atoms with E-state index >= 15 is 0 Å². The quantitative estimate of drug-likeness (QED) is 0.715. The van der Waals surface area contributed by atoms with Gasteiger partial charge in [-0.05, 0) is 18.6 Å². The molecule has 0 fully saturated rings. The number of hydrogen-bond acceptors (Lipinski definition) is 6. The van der Waals surface area contributed by atoms with E-state index in [1.54, 1.807) is 20.3 Å². The smallest absolute Gasteiger partial charge is 0.334 e. The minimum atomic E-state index is -0.259. The molecule has 2 rings (SSSR count). The van der Waals surface area contributed by atoms with E-state index in [2.05, 4.69) is 4.90 Å². The Morgan fingerprint density at radius 3 is 2.70 bits per heavy atom. The summed E-state index contributed by atoms with van der Waals surface area (Å²) in [6, 6.07) is 5.44. The number of hydrogen-bond donors (Lipinski definition) is 0. The van der Waals surface area contributed by atoms with E-state index in [1.165, 1.54) is 7.11 Å². The second-order valence-electron chi connectivity index (χ2n) is 5.15. The van der Waals surface area contributed by atoms with Crippen LogP contribution in [0.4, 0.5) is 0 Å². The summed E-state index contributed by atoms with van der Waals surface area (Å²) >= 11 is 0. The van der Waals surface area contributed by atoms with Crippen LogP contribution in [0.1, 0.15) is 6.42 Å². The van der Waals surface area contributed by atoms with E-state index in [-0.39, 0.29) is 5.97 Å². The molecule has 1 aliphatic heterocycles. The highest BCUT2D eigenvalue weighted by Gasteiger charge is 2.18. The summed E-state index contributed by atoms with van der Waals surface area (Å²) in [5.74, 6) is 1.77. The summed E-state index contributed by atoms with van der Waals surface area (Å²) in [6.45, 7) is 2.71. The lowest BCUT2D eigenvalue weighted by Crippen LogP contribution is -2.35. The van der Waals surface area contributed by atoms with Crippen molar-refractivity contribution in [2.75, 3.05) is 47.6 Å². The lowest BCUT2D eigenvalue weighted by molar-refractivity contribution is -0.136. The van der Waals surface area contributed by atoms with Crippen LogP contribution in [0.3, 0.4) is 0 Å². The minimum absolute atomic E-state index is 0.259. The predicted octanol–water partition coefficient (Wildman–Crippen LogP) is 1.89. The summed E-state index contributed by atoms with van der Waals surface area (Å²) < 4.78 is 21.1. The average Bonchev–Trinajstić information content (AvgIpc) is 2.61. The van der Waals surface area contributed by atoms with Crippen molar-refractivity contribution in [2.24, 2.45) is 0 Å². The van der Waals surface area contributed by atoms with Crippen LogP contribution in [0, 0.1) is 0 Å². The second kappa shape index (κ2) is 8.43. The van der Waals surface area contributed by atoms with Gasteiger partial charge in [0.2, 0.25) is 0 Å². The normalized spacial score (nSPS) is 14.8. The number of esters is 1. The van der Waals surface area contributed by atoms with Crippen LogP contribution < -0.4 is 14.2 Å². The lowest BCUT2D eigenvalue weighted by atomic mass is 10.1. The number of methoxy groups -OCH3 is 3. The molecule has 0 amide bonds. The van der Waals surface area contributed by atoms with Gasteiger partial charge in [-0.15, -0.1) is 0 Å². The number of nitrogens with zero attached hydrogens (tertiary/aromatic N) is 1. The van der Waals surface area contributed by atoms with Gasteiger partial charge in [0, 0.05) is 31.3 Å². The van der Waals surface area contributed by atoms with Crippen molar-refractivity contribution < 1.29 is 23.7 Å². The van der Waals surface area contributed by atoms with Crippen molar-refractivity contribution in [1.82, 2.24) is 4.90 Å². The van der Waals surface area contributed by atoms with Crippen molar-refractivity contribution in [3.8, 4) is 17.2 Å². The third-order valence-corrected chi connectivity index (χ3v) is 3.71. The van der Waals surface area contributed by atoms with Crippen LogP contribution >= 0.6 is 0 Å². The second-order valence-corrected chi connectivity index (χ2v) is 5.15. The molecule has 0 saturated heterocycles. The molecular weight excluding hydrogens is 298 g/mol. The zero-order chi connectivity index (χ0) is 16.7. The molecule has 0 N–H and O–H groups in total.